The molecule has 0 radical (unpaired) electrons. The maximum Gasteiger partial charge on any atom is 0.416 e. The van der Waals surface area contributed by atoms with Crippen molar-refractivity contribution < 1.29 is 37.0 Å². The van der Waals surface area contributed by atoms with Gasteiger partial charge in [0.15, 0.2) is 5.78 Å². The molecule has 2 aromatic carbocycles. The molecule has 10 nitrogen and oxygen atoms in total. The Balaban J connectivity index is 1.46. The van der Waals surface area contributed by atoms with Gasteiger partial charge in [0.05, 0.1) is 32.4 Å². The van der Waals surface area contributed by atoms with Gasteiger partial charge in [0, 0.05) is 30.7 Å². The predicted octanol–water partition coefficient (Wildman–Crippen LogP) is 5.01. The topological polar surface area (TPSA) is 117 Å². The molecule has 1 N–H and O–H groups in total. The van der Waals surface area contributed by atoms with Crippen molar-refractivity contribution in [2.24, 2.45) is 7.05 Å². The normalized spacial score (nSPS) is 11.9. The van der Waals surface area contributed by atoms with Gasteiger partial charge in [0.1, 0.15) is 5.60 Å². The Morgan fingerprint density at radius 1 is 0.952 bits per heavy atom. The van der Waals surface area contributed by atoms with Gasteiger partial charge in [-0.1, -0.05) is 24.3 Å². The molecule has 3 aromatic rings. The van der Waals surface area contributed by atoms with E-state index in [1.807, 2.05) is 0 Å². The summed E-state index contributed by atoms with van der Waals surface area (Å²) in [6, 6.07) is 10.1. The van der Waals surface area contributed by atoms with E-state index in [0.29, 0.717) is 68.3 Å². The fraction of sp³-hybridized carbons (Fsp3) is 0.483. The van der Waals surface area contributed by atoms with Crippen LogP contribution in [0.15, 0.2) is 42.5 Å². The monoisotopic (exact) mass is 591 g/mol. The minimum absolute atomic E-state index is 0.0886. The second kappa shape index (κ2) is 14.9. The van der Waals surface area contributed by atoms with Crippen molar-refractivity contribution in [1.82, 2.24) is 25.5 Å². The Morgan fingerprint density at radius 2 is 1.64 bits per heavy atom. The third-order valence-electron chi connectivity index (χ3n) is 5.84. The Bertz CT molecular complexity index is 1320. The lowest BCUT2D eigenvalue weighted by Gasteiger charge is -2.19. The number of aromatic nitrogens is 4. The average molecular weight is 592 g/mol. The van der Waals surface area contributed by atoms with Crippen LogP contribution in [0.4, 0.5) is 18.0 Å². The molecular weight excluding hydrogens is 555 g/mol. The molecule has 13 heteroatoms. The summed E-state index contributed by atoms with van der Waals surface area (Å²) < 4.78 is 54.9. The van der Waals surface area contributed by atoms with Gasteiger partial charge in [-0.15, -0.1) is 10.2 Å². The zero-order chi connectivity index (χ0) is 30.8. The summed E-state index contributed by atoms with van der Waals surface area (Å²) in [5.74, 6) is 0.230. The highest BCUT2D eigenvalue weighted by molar-refractivity contribution is 5.97. The number of alkyl carbamates (subject to hydrolysis) is 1. The number of aryl methyl sites for hydroxylation is 1. The van der Waals surface area contributed by atoms with Crippen molar-refractivity contribution >= 4 is 11.9 Å². The van der Waals surface area contributed by atoms with Crippen LogP contribution in [0.5, 0.6) is 0 Å². The number of hydrogen-bond acceptors (Lipinski definition) is 8. The standard InChI is InChI=1S/C29H36F3N5O5/c1-28(2,3)42-27(39)33-13-15-41-17-16-40-14-5-6-25(38)22-10-9-21(24(19-22)26-34-36-37(4)35-26)18-20-7-11-23(12-8-20)29(30,31)32/h7-12,19H,5-6,13-18H2,1-4H3,(H,33,39). The molecule has 0 fully saturated rings. The number of carbonyl (C=O) groups is 2. The Kier molecular flexibility index (Phi) is 11.6. The lowest BCUT2D eigenvalue weighted by molar-refractivity contribution is -0.137. The summed E-state index contributed by atoms with van der Waals surface area (Å²) in [7, 11) is 1.62. The van der Waals surface area contributed by atoms with Crippen LogP contribution < -0.4 is 5.32 Å². The van der Waals surface area contributed by atoms with Crippen LogP contribution in [-0.2, 0) is 33.9 Å². The zero-order valence-corrected chi connectivity index (χ0v) is 24.2. The number of ether oxygens (including phenoxy) is 3. The molecule has 0 atom stereocenters. The van der Waals surface area contributed by atoms with Crippen LogP contribution in [0, 0.1) is 0 Å². The molecule has 1 aromatic heterocycles. The fourth-order valence-corrected chi connectivity index (χ4v) is 3.88. The first-order valence-electron chi connectivity index (χ1n) is 13.5. The van der Waals surface area contributed by atoms with E-state index in [0.717, 1.165) is 17.7 Å². The second-order valence-electron chi connectivity index (χ2n) is 10.5. The molecule has 0 bridgehead atoms. The lowest BCUT2D eigenvalue weighted by atomic mass is 9.95. The number of nitrogens with zero attached hydrogens (tertiary/aromatic N) is 4. The van der Waals surface area contributed by atoms with E-state index in [1.54, 1.807) is 46.0 Å². The third-order valence-corrected chi connectivity index (χ3v) is 5.84. The molecule has 0 saturated heterocycles. The van der Waals surface area contributed by atoms with Crippen molar-refractivity contribution in [3.8, 4) is 11.4 Å². The van der Waals surface area contributed by atoms with E-state index >= 15 is 0 Å². The number of rotatable bonds is 14. The van der Waals surface area contributed by atoms with E-state index in [4.69, 9.17) is 14.2 Å². The van der Waals surface area contributed by atoms with E-state index < -0.39 is 23.4 Å². The molecule has 1 heterocycles. The summed E-state index contributed by atoms with van der Waals surface area (Å²) >= 11 is 0. The quantitative estimate of drug-likeness (QED) is 0.206. The number of halogens is 3. The summed E-state index contributed by atoms with van der Waals surface area (Å²) in [5, 5.41) is 14.8. The fourth-order valence-electron chi connectivity index (χ4n) is 3.88. The highest BCUT2D eigenvalue weighted by atomic mass is 19.4. The van der Waals surface area contributed by atoms with Gasteiger partial charge in [-0.25, -0.2) is 4.79 Å². The van der Waals surface area contributed by atoms with Gasteiger partial charge in [0.25, 0.3) is 0 Å². The molecule has 228 valence electrons. The molecule has 0 saturated carbocycles. The minimum Gasteiger partial charge on any atom is -0.444 e. The van der Waals surface area contributed by atoms with E-state index in [-0.39, 0.29) is 12.2 Å². The summed E-state index contributed by atoms with van der Waals surface area (Å²) in [5.41, 5.74) is 1.21. The van der Waals surface area contributed by atoms with Crippen molar-refractivity contribution in [2.75, 3.05) is 33.0 Å². The van der Waals surface area contributed by atoms with Gasteiger partial charge < -0.3 is 19.5 Å². The average Bonchev–Trinajstić information content (AvgIpc) is 3.34. The van der Waals surface area contributed by atoms with Gasteiger partial charge in [-0.05, 0) is 68.2 Å². The van der Waals surface area contributed by atoms with Crippen LogP contribution >= 0.6 is 0 Å². The largest absolute Gasteiger partial charge is 0.444 e. The first-order chi connectivity index (χ1) is 19.8. The smallest absolute Gasteiger partial charge is 0.416 e. The van der Waals surface area contributed by atoms with Crippen molar-refractivity contribution in [3.63, 3.8) is 0 Å². The van der Waals surface area contributed by atoms with Crippen molar-refractivity contribution in [2.45, 2.75) is 51.8 Å². The Labute approximate surface area is 242 Å². The molecule has 3 rings (SSSR count). The second-order valence-corrected chi connectivity index (χ2v) is 10.5. The Morgan fingerprint density at radius 3 is 2.26 bits per heavy atom. The molecule has 0 spiro atoms. The first-order valence-corrected chi connectivity index (χ1v) is 13.5. The van der Waals surface area contributed by atoms with Crippen LogP contribution in [0.3, 0.4) is 0 Å². The van der Waals surface area contributed by atoms with Crippen LogP contribution in [0.2, 0.25) is 0 Å². The Hall–Kier alpha value is -3.84. The highest BCUT2D eigenvalue weighted by Crippen LogP contribution is 2.30. The summed E-state index contributed by atoms with van der Waals surface area (Å²) in [4.78, 5) is 25.7. The molecule has 0 unspecified atom stereocenters. The van der Waals surface area contributed by atoms with Crippen LogP contribution in [-0.4, -0.2) is 70.7 Å². The minimum atomic E-state index is -4.41. The lowest BCUT2D eigenvalue weighted by Crippen LogP contribution is -2.34. The summed E-state index contributed by atoms with van der Waals surface area (Å²) in [6.45, 7) is 7.06. The van der Waals surface area contributed by atoms with E-state index in [2.05, 4.69) is 20.7 Å². The van der Waals surface area contributed by atoms with Crippen LogP contribution in [0.25, 0.3) is 11.4 Å². The van der Waals surface area contributed by atoms with E-state index in [1.165, 1.54) is 16.9 Å². The molecule has 1 amide bonds. The molecule has 0 aliphatic rings. The SMILES string of the molecule is Cn1nnc(-c2cc(C(=O)CCCOCCOCCNC(=O)OC(C)(C)C)ccc2Cc2ccc(C(F)(F)F)cc2)n1. The van der Waals surface area contributed by atoms with Crippen molar-refractivity contribution in [1.29, 1.82) is 0 Å². The highest BCUT2D eigenvalue weighted by Gasteiger charge is 2.30. The van der Waals surface area contributed by atoms with E-state index in [9.17, 15) is 22.8 Å². The molecule has 0 aliphatic carbocycles. The first kappa shape index (κ1) is 32.7. The predicted molar refractivity (Wildman–Crippen MR) is 148 cm³/mol. The van der Waals surface area contributed by atoms with Gasteiger partial charge in [-0.3, -0.25) is 4.79 Å². The number of nitrogens with one attached hydrogen (secondary N) is 1. The molecule has 0 aliphatic heterocycles. The number of ketones is 1. The number of hydrogen-bond donors (Lipinski definition) is 1. The van der Waals surface area contributed by atoms with Crippen LogP contribution in [0.1, 0.15) is 60.7 Å². The van der Waals surface area contributed by atoms with Gasteiger partial charge in [0.2, 0.25) is 5.82 Å². The molecular formula is C29H36F3N5O5. The number of alkyl halides is 3. The van der Waals surface area contributed by atoms with Gasteiger partial charge >= 0.3 is 12.3 Å². The maximum absolute atomic E-state index is 12.9. The zero-order valence-electron chi connectivity index (χ0n) is 24.2. The maximum atomic E-state index is 12.9. The summed E-state index contributed by atoms with van der Waals surface area (Å²) in [6.07, 6.45) is -3.82. The number of carbonyl (C=O) groups excluding carboxylic acids is 2. The number of tetrazole rings is 1. The van der Waals surface area contributed by atoms with Gasteiger partial charge in [-0.2, -0.15) is 18.0 Å². The number of amides is 1. The van der Waals surface area contributed by atoms with Crippen molar-refractivity contribution in [3.05, 3.63) is 64.7 Å². The molecule has 42 heavy (non-hydrogen) atoms. The number of Topliss-reactive ketones (excluding diaryl/α,β-unsaturated/α-hetero) is 1. The third kappa shape index (κ3) is 10.9. The number of benzene rings is 2.